The van der Waals surface area contributed by atoms with Crippen molar-refractivity contribution in [3.8, 4) is 0 Å². The van der Waals surface area contributed by atoms with Crippen molar-refractivity contribution >= 4 is 12.1 Å². The number of nitrogens with zero attached hydrogens (tertiary/aromatic N) is 3. The van der Waals surface area contributed by atoms with Crippen LogP contribution < -0.4 is 0 Å². The van der Waals surface area contributed by atoms with Crippen molar-refractivity contribution in [2.75, 3.05) is 13.7 Å². The van der Waals surface area contributed by atoms with Crippen LogP contribution in [0.25, 0.3) is 0 Å². The maximum absolute atomic E-state index is 12.5. The molecule has 0 spiro atoms. The molecule has 1 aromatic heterocycles. The average Bonchev–Trinajstić information content (AvgIpc) is 2.85. The van der Waals surface area contributed by atoms with E-state index in [9.17, 15) is 9.59 Å². The van der Waals surface area contributed by atoms with Crippen molar-refractivity contribution in [2.24, 2.45) is 7.05 Å². The summed E-state index contributed by atoms with van der Waals surface area (Å²) in [6, 6.07) is -0.760. The van der Waals surface area contributed by atoms with Crippen molar-refractivity contribution in [1.82, 2.24) is 14.5 Å². The topological polar surface area (TPSA) is 73.7 Å². The zero-order valence-corrected chi connectivity index (χ0v) is 14.8. The normalized spacial score (nSPS) is 12.6. The van der Waals surface area contributed by atoms with Crippen LogP contribution in [0.3, 0.4) is 0 Å². The molecule has 7 nitrogen and oxygen atoms in total. The molecule has 1 aromatic rings. The minimum atomic E-state index is -0.760. The summed E-state index contributed by atoms with van der Waals surface area (Å²) in [5.41, 5.74) is 0.0851. The highest BCUT2D eigenvalue weighted by atomic mass is 16.6. The van der Waals surface area contributed by atoms with Gasteiger partial charge in [0.25, 0.3) is 0 Å². The van der Waals surface area contributed by atoms with Crippen molar-refractivity contribution in [3.05, 3.63) is 18.2 Å². The molecule has 1 rings (SSSR count). The van der Waals surface area contributed by atoms with E-state index in [1.54, 1.807) is 31.7 Å². The molecule has 0 saturated carbocycles. The molecule has 0 radical (unpaired) electrons. The number of aryl methyl sites for hydroxylation is 1. The smallest absolute Gasteiger partial charge is 0.411 e. The van der Waals surface area contributed by atoms with Gasteiger partial charge in [0.2, 0.25) is 0 Å². The van der Waals surface area contributed by atoms with Gasteiger partial charge in [0.05, 0.1) is 19.1 Å². The van der Waals surface area contributed by atoms with Crippen molar-refractivity contribution in [2.45, 2.75) is 52.2 Å². The maximum Gasteiger partial charge on any atom is 0.411 e. The van der Waals surface area contributed by atoms with Gasteiger partial charge >= 0.3 is 12.1 Å². The number of rotatable bonds is 6. The molecule has 0 aromatic carbocycles. The number of ether oxygens (including phenoxy) is 2. The van der Waals surface area contributed by atoms with Gasteiger partial charge in [0.1, 0.15) is 11.6 Å². The summed E-state index contributed by atoms with van der Waals surface area (Å²) in [4.78, 5) is 30.3. The summed E-state index contributed by atoms with van der Waals surface area (Å²) < 4.78 is 12.1. The number of hydrogen-bond donors (Lipinski definition) is 0. The molecule has 0 bridgehead atoms. The number of carbonyl (C=O) groups is 2. The number of hydrogen-bond acceptors (Lipinski definition) is 5. The summed E-state index contributed by atoms with van der Waals surface area (Å²) >= 11 is 0. The zero-order chi connectivity index (χ0) is 17.6. The molecule has 0 aliphatic rings. The van der Waals surface area contributed by atoms with Crippen LogP contribution in [0.4, 0.5) is 4.79 Å². The molecule has 23 heavy (non-hydrogen) atoms. The van der Waals surface area contributed by atoms with Gasteiger partial charge in [-0.25, -0.2) is 14.6 Å². The first kappa shape index (κ1) is 19.0. The van der Waals surface area contributed by atoms with Crippen LogP contribution >= 0.6 is 0 Å². The molecule has 1 heterocycles. The fraction of sp³-hybridized carbons (Fsp3) is 0.688. The second-order valence-corrected chi connectivity index (χ2v) is 6.45. The molecular formula is C16H27N3O4. The molecule has 1 amide bonds. The largest absolute Gasteiger partial charge is 0.467 e. The van der Waals surface area contributed by atoms with E-state index in [4.69, 9.17) is 9.47 Å². The summed E-state index contributed by atoms with van der Waals surface area (Å²) in [7, 11) is 3.16. The number of amides is 1. The lowest BCUT2D eigenvalue weighted by Gasteiger charge is -2.31. The molecule has 0 saturated heterocycles. The molecule has 130 valence electrons. The Morgan fingerprint density at radius 3 is 2.48 bits per heavy atom. The van der Waals surface area contributed by atoms with Crippen LogP contribution in [0.2, 0.25) is 0 Å². The van der Waals surface area contributed by atoms with Gasteiger partial charge < -0.3 is 14.0 Å². The van der Waals surface area contributed by atoms with Crippen molar-refractivity contribution < 1.29 is 19.1 Å². The summed E-state index contributed by atoms with van der Waals surface area (Å²) in [6.07, 6.45) is 3.93. The molecule has 0 N–H and O–H groups in total. The SMILES string of the molecule is CCCN(C(=O)OC(C)(C)C)[C@@H](Cc1cn(C)cn1)C(=O)OC. The lowest BCUT2D eigenvalue weighted by Crippen LogP contribution is -2.49. The van der Waals surface area contributed by atoms with Gasteiger partial charge in [-0.2, -0.15) is 0 Å². The third kappa shape index (κ3) is 5.92. The first-order chi connectivity index (χ1) is 10.7. The monoisotopic (exact) mass is 325 g/mol. The fourth-order valence-corrected chi connectivity index (χ4v) is 2.16. The Bertz CT molecular complexity index is 534. The van der Waals surface area contributed by atoms with E-state index < -0.39 is 23.7 Å². The second-order valence-electron chi connectivity index (χ2n) is 6.45. The van der Waals surface area contributed by atoms with Crippen LogP contribution in [-0.4, -0.2) is 51.8 Å². The highest BCUT2D eigenvalue weighted by Crippen LogP contribution is 2.16. The predicted octanol–water partition coefficient (Wildman–Crippen LogP) is 2.15. The van der Waals surface area contributed by atoms with Gasteiger partial charge in [-0.05, 0) is 27.2 Å². The maximum atomic E-state index is 12.5. The Morgan fingerprint density at radius 1 is 1.39 bits per heavy atom. The minimum Gasteiger partial charge on any atom is -0.467 e. The van der Waals surface area contributed by atoms with E-state index >= 15 is 0 Å². The molecule has 7 heteroatoms. The average molecular weight is 325 g/mol. The van der Waals surface area contributed by atoms with E-state index in [0.29, 0.717) is 18.7 Å². The van der Waals surface area contributed by atoms with E-state index in [1.165, 1.54) is 12.0 Å². The van der Waals surface area contributed by atoms with Crippen LogP contribution in [-0.2, 0) is 27.7 Å². The van der Waals surface area contributed by atoms with Crippen LogP contribution in [0.15, 0.2) is 12.5 Å². The number of aromatic nitrogens is 2. The Labute approximate surface area is 137 Å². The van der Waals surface area contributed by atoms with Gasteiger partial charge in [-0.1, -0.05) is 6.92 Å². The van der Waals surface area contributed by atoms with E-state index in [1.807, 2.05) is 20.2 Å². The molecular weight excluding hydrogens is 298 g/mol. The third-order valence-corrected chi connectivity index (χ3v) is 3.10. The minimum absolute atomic E-state index is 0.284. The van der Waals surface area contributed by atoms with Gasteiger partial charge in [0, 0.05) is 26.2 Å². The molecule has 0 aliphatic heterocycles. The standard InChI is InChI=1S/C16H27N3O4/c1-7-8-19(15(21)23-16(2,3)4)13(14(20)22-6)9-12-10-18(5)11-17-12/h10-11,13H,7-9H2,1-6H3/t13-/m0/s1. The number of imidazole rings is 1. The lowest BCUT2D eigenvalue weighted by molar-refractivity contribution is -0.146. The predicted molar refractivity (Wildman–Crippen MR) is 85.9 cm³/mol. The Kier molecular flexibility index (Phi) is 6.60. The second kappa shape index (κ2) is 7.99. The zero-order valence-electron chi connectivity index (χ0n) is 14.8. The highest BCUT2D eigenvalue weighted by Gasteiger charge is 2.33. The first-order valence-electron chi connectivity index (χ1n) is 7.72. The number of methoxy groups -OCH3 is 1. The lowest BCUT2D eigenvalue weighted by atomic mass is 10.1. The molecule has 0 fully saturated rings. The fourth-order valence-electron chi connectivity index (χ4n) is 2.16. The van der Waals surface area contributed by atoms with Crippen molar-refractivity contribution in [1.29, 1.82) is 0 Å². The van der Waals surface area contributed by atoms with Gasteiger partial charge in [-0.15, -0.1) is 0 Å². The van der Waals surface area contributed by atoms with E-state index in [0.717, 1.165) is 0 Å². The molecule has 0 aliphatic carbocycles. The number of esters is 1. The van der Waals surface area contributed by atoms with Crippen LogP contribution in [0.1, 0.15) is 39.8 Å². The Morgan fingerprint density at radius 2 is 2.04 bits per heavy atom. The van der Waals surface area contributed by atoms with E-state index in [2.05, 4.69) is 4.98 Å². The molecule has 1 atom stereocenters. The van der Waals surface area contributed by atoms with Gasteiger partial charge in [0.15, 0.2) is 0 Å². The third-order valence-electron chi connectivity index (χ3n) is 3.10. The van der Waals surface area contributed by atoms with Crippen LogP contribution in [0, 0.1) is 0 Å². The van der Waals surface area contributed by atoms with Crippen LogP contribution in [0.5, 0.6) is 0 Å². The summed E-state index contributed by atoms with van der Waals surface area (Å²) in [5, 5.41) is 0. The van der Waals surface area contributed by atoms with Gasteiger partial charge in [-0.3, -0.25) is 4.90 Å². The van der Waals surface area contributed by atoms with Crippen molar-refractivity contribution in [3.63, 3.8) is 0 Å². The summed E-state index contributed by atoms with van der Waals surface area (Å²) in [6.45, 7) is 7.72. The summed E-state index contributed by atoms with van der Waals surface area (Å²) in [5.74, 6) is -0.477. The quantitative estimate of drug-likeness (QED) is 0.749. The Hall–Kier alpha value is -2.05. The number of carbonyl (C=O) groups excluding carboxylic acids is 2. The first-order valence-corrected chi connectivity index (χ1v) is 7.72. The Balaban J connectivity index is 3.02. The van der Waals surface area contributed by atoms with E-state index in [-0.39, 0.29) is 6.42 Å². The highest BCUT2D eigenvalue weighted by molar-refractivity contribution is 5.81. The molecule has 0 unspecified atom stereocenters.